The van der Waals surface area contributed by atoms with Crippen LogP contribution in [0.4, 0.5) is 0 Å². The molecule has 0 radical (unpaired) electrons. The molecule has 2 aromatic rings. The third-order valence-electron chi connectivity index (χ3n) is 3.31. The summed E-state index contributed by atoms with van der Waals surface area (Å²) in [5, 5.41) is 12.7. The van der Waals surface area contributed by atoms with Crippen molar-refractivity contribution in [1.29, 1.82) is 0 Å². The molecule has 21 heavy (non-hydrogen) atoms. The maximum absolute atomic E-state index is 10.9. The second-order valence-corrected chi connectivity index (χ2v) is 5.29. The van der Waals surface area contributed by atoms with Crippen molar-refractivity contribution in [2.75, 3.05) is 6.61 Å². The first-order valence-corrected chi connectivity index (χ1v) is 6.57. The van der Waals surface area contributed by atoms with Crippen LogP contribution >= 0.6 is 0 Å². The van der Waals surface area contributed by atoms with Gasteiger partial charge in [0.1, 0.15) is 11.8 Å². The lowest BCUT2D eigenvalue weighted by atomic mass is 10.00. The molecule has 2 heterocycles. The van der Waals surface area contributed by atoms with Gasteiger partial charge in [-0.25, -0.2) is 4.79 Å². The number of aromatic carboxylic acids is 1. The van der Waals surface area contributed by atoms with Gasteiger partial charge in [-0.15, -0.1) is 0 Å². The largest absolute Gasteiger partial charge is 0.475 e. The van der Waals surface area contributed by atoms with Gasteiger partial charge in [-0.05, 0) is 19.4 Å². The molecular weight excluding hydrogens is 274 g/mol. The van der Waals surface area contributed by atoms with Crippen molar-refractivity contribution in [1.82, 2.24) is 5.16 Å². The van der Waals surface area contributed by atoms with E-state index in [1.165, 1.54) is 6.07 Å². The van der Waals surface area contributed by atoms with E-state index >= 15 is 0 Å². The molecule has 0 bridgehead atoms. The van der Waals surface area contributed by atoms with Crippen LogP contribution in [0.3, 0.4) is 0 Å². The highest BCUT2D eigenvalue weighted by atomic mass is 16.7. The zero-order valence-corrected chi connectivity index (χ0v) is 11.7. The average Bonchev–Trinajstić information content (AvgIpc) is 3.05. The molecule has 1 aliphatic rings. The Morgan fingerprint density at radius 2 is 2.14 bits per heavy atom. The van der Waals surface area contributed by atoms with Gasteiger partial charge in [0, 0.05) is 11.6 Å². The summed E-state index contributed by atoms with van der Waals surface area (Å²) in [5.41, 5.74) is 2.14. The third kappa shape index (κ3) is 2.68. The summed E-state index contributed by atoms with van der Waals surface area (Å²) in [6.07, 6.45) is -0.221. The van der Waals surface area contributed by atoms with Crippen molar-refractivity contribution in [3.05, 3.63) is 41.7 Å². The Kier molecular flexibility index (Phi) is 3.27. The lowest BCUT2D eigenvalue weighted by Crippen LogP contribution is -2.19. The maximum Gasteiger partial charge on any atom is 0.374 e. The number of hydrogen-bond donors (Lipinski definition) is 1. The number of benzene rings is 1. The van der Waals surface area contributed by atoms with Crippen LogP contribution in [0.15, 0.2) is 34.9 Å². The zero-order valence-electron chi connectivity index (χ0n) is 11.7. The van der Waals surface area contributed by atoms with Crippen molar-refractivity contribution in [3.8, 4) is 11.3 Å². The fraction of sp³-hybridized carbons (Fsp3) is 0.333. The van der Waals surface area contributed by atoms with E-state index < -0.39 is 11.8 Å². The number of nitrogens with zero attached hydrogens (tertiary/aromatic N) is 1. The quantitative estimate of drug-likeness (QED) is 0.935. The van der Waals surface area contributed by atoms with Crippen LogP contribution < -0.4 is 0 Å². The minimum Gasteiger partial charge on any atom is -0.475 e. The normalized spacial score (nSPS) is 20.6. The van der Waals surface area contributed by atoms with Crippen molar-refractivity contribution < 1.29 is 23.9 Å². The molecule has 0 amide bonds. The number of rotatable bonds is 3. The standard InChI is InChI=1S/C15H15NO5/c1-15(2)19-8-13(20-15)10-6-4-3-5-9(10)11-7-12(14(17)18)21-16-11/h3-7,13H,8H2,1-2H3,(H,17,18). The van der Waals surface area contributed by atoms with Gasteiger partial charge in [0.15, 0.2) is 5.79 Å². The number of carboxylic acid groups (broad SMARTS) is 1. The van der Waals surface area contributed by atoms with E-state index in [4.69, 9.17) is 19.1 Å². The summed E-state index contributed by atoms with van der Waals surface area (Å²) in [4.78, 5) is 10.9. The fourth-order valence-corrected chi connectivity index (χ4v) is 2.35. The highest BCUT2D eigenvalue weighted by molar-refractivity contribution is 5.85. The average molecular weight is 289 g/mol. The van der Waals surface area contributed by atoms with Gasteiger partial charge in [-0.1, -0.05) is 29.4 Å². The van der Waals surface area contributed by atoms with Crippen LogP contribution in [0.25, 0.3) is 11.3 Å². The molecule has 3 rings (SSSR count). The maximum atomic E-state index is 10.9. The van der Waals surface area contributed by atoms with Crippen LogP contribution in [0.5, 0.6) is 0 Å². The van der Waals surface area contributed by atoms with E-state index in [0.717, 1.165) is 11.1 Å². The van der Waals surface area contributed by atoms with E-state index in [1.54, 1.807) is 0 Å². The number of aromatic nitrogens is 1. The van der Waals surface area contributed by atoms with Crippen LogP contribution in [0.2, 0.25) is 0 Å². The summed E-state index contributed by atoms with van der Waals surface area (Å²) in [7, 11) is 0. The summed E-state index contributed by atoms with van der Waals surface area (Å²) < 4.78 is 16.3. The first kappa shape index (κ1) is 13.8. The van der Waals surface area contributed by atoms with Crippen LogP contribution in [0, 0.1) is 0 Å². The lowest BCUT2D eigenvalue weighted by molar-refractivity contribution is -0.139. The molecule has 0 aliphatic carbocycles. The zero-order chi connectivity index (χ0) is 15.0. The molecule has 1 aromatic heterocycles. The van der Waals surface area contributed by atoms with E-state index in [1.807, 2.05) is 38.1 Å². The number of hydrogen-bond acceptors (Lipinski definition) is 5. The molecule has 1 fully saturated rings. The highest BCUT2D eigenvalue weighted by Crippen LogP contribution is 2.37. The molecule has 1 atom stereocenters. The number of carboxylic acids is 1. The first-order valence-electron chi connectivity index (χ1n) is 6.57. The van der Waals surface area contributed by atoms with E-state index in [0.29, 0.717) is 12.3 Å². The summed E-state index contributed by atoms with van der Waals surface area (Å²) in [6.45, 7) is 4.15. The van der Waals surface area contributed by atoms with Crippen molar-refractivity contribution in [2.24, 2.45) is 0 Å². The molecule has 0 spiro atoms. The van der Waals surface area contributed by atoms with E-state index in [2.05, 4.69) is 5.16 Å². The van der Waals surface area contributed by atoms with Gasteiger partial charge in [-0.2, -0.15) is 0 Å². The predicted molar refractivity (Wildman–Crippen MR) is 72.8 cm³/mol. The van der Waals surface area contributed by atoms with Crippen molar-refractivity contribution in [3.63, 3.8) is 0 Å². The minimum atomic E-state index is -1.15. The second kappa shape index (κ2) is 4.98. The molecule has 0 saturated carbocycles. The van der Waals surface area contributed by atoms with Gasteiger partial charge < -0.3 is 19.1 Å². The number of ether oxygens (including phenoxy) is 2. The second-order valence-electron chi connectivity index (χ2n) is 5.29. The van der Waals surface area contributed by atoms with Gasteiger partial charge >= 0.3 is 5.97 Å². The Balaban J connectivity index is 1.98. The van der Waals surface area contributed by atoms with Crippen LogP contribution in [-0.2, 0) is 9.47 Å². The van der Waals surface area contributed by atoms with Crippen molar-refractivity contribution in [2.45, 2.75) is 25.7 Å². The SMILES string of the molecule is CC1(C)OCC(c2ccccc2-c2cc(C(=O)O)on2)O1. The summed E-state index contributed by atoms with van der Waals surface area (Å²) in [5.74, 6) is -1.97. The first-order chi connectivity index (χ1) is 9.96. The number of carbonyl (C=O) groups is 1. The van der Waals surface area contributed by atoms with E-state index in [-0.39, 0.29) is 11.9 Å². The van der Waals surface area contributed by atoms with Gasteiger partial charge in [0.25, 0.3) is 0 Å². The Morgan fingerprint density at radius 3 is 2.76 bits per heavy atom. The Morgan fingerprint density at radius 1 is 1.38 bits per heavy atom. The van der Waals surface area contributed by atoms with Crippen LogP contribution in [-0.4, -0.2) is 28.6 Å². The van der Waals surface area contributed by atoms with Gasteiger partial charge in [-0.3, -0.25) is 0 Å². The lowest BCUT2D eigenvalue weighted by Gasteiger charge is -2.18. The molecule has 1 saturated heterocycles. The molecule has 1 aromatic carbocycles. The van der Waals surface area contributed by atoms with Gasteiger partial charge in [0.05, 0.1) is 6.61 Å². The van der Waals surface area contributed by atoms with Gasteiger partial charge in [0.2, 0.25) is 5.76 Å². The molecule has 1 N–H and O–H groups in total. The minimum absolute atomic E-state index is 0.191. The highest BCUT2D eigenvalue weighted by Gasteiger charge is 2.35. The topological polar surface area (TPSA) is 81.8 Å². The predicted octanol–water partition coefficient (Wildman–Crippen LogP) is 2.86. The van der Waals surface area contributed by atoms with E-state index in [9.17, 15) is 4.79 Å². The smallest absolute Gasteiger partial charge is 0.374 e. The Hall–Kier alpha value is -2.18. The monoisotopic (exact) mass is 289 g/mol. The molecule has 1 unspecified atom stereocenters. The molecular formula is C15H15NO5. The summed E-state index contributed by atoms with van der Waals surface area (Å²) in [6, 6.07) is 8.93. The molecule has 6 heteroatoms. The third-order valence-corrected chi connectivity index (χ3v) is 3.31. The molecule has 1 aliphatic heterocycles. The Bertz CT molecular complexity index is 676. The fourth-order valence-electron chi connectivity index (χ4n) is 2.35. The van der Waals surface area contributed by atoms with Crippen molar-refractivity contribution >= 4 is 5.97 Å². The molecule has 6 nitrogen and oxygen atoms in total. The summed E-state index contributed by atoms with van der Waals surface area (Å²) >= 11 is 0. The Labute approximate surface area is 121 Å². The molecule has 110 valence electrons. The van der Waals surface area contributed by atoms with Crippen LogP contribution in [0.1, 0.15) is 36.1 Å².